The minimum atomic E-state index is -0.193. The van der Waals surface area contributed by atoms with Crippen LogP contribution in [0.1, 0.15) is 25.0 Å². The van der Waals surface area contributed by atoms with Crippen molar-refractivity contribution in [2.75, 3.05) is 0 Å². The third-order valence-corrected chi connectivity index (χ3v) is 2.80. The van der Waals surface area contributed by atoms with Crippen LogP contribution in [0, 0.1) is 17.3 Å². The van der Waals surface area contributed by atoms with Gasteiger partial charge in [-0.1, -0.05) is 60.4 Å². The van der Waals surface area contributed by atoms with E-state index in [1.165, 1.54) is 0 Å². The highest BCUT2D eigenvalue weighted by atomic mass is 14.1. The van der Waals surface area contributed by atoms with Crippen LogP contribution in [0.5, 0.6) is 0 Å². The molecule has 0 heterocycles. The highest BCUT2D eigenvalue weighted by molar-refractivity contribution is 5.48. The molecule has 0 saturated carbocycles. The number of hydrogen-bond donors (Lipinski definition) is 0. The smallest absolute Gasteiger partial charge is 0.0514 e. The molecule has 20 heavy (non-hydrogen) atoms. The zero-order valence-electron chi connectivity index (χ0n) is 11.9. The van der Waals surface area contributed by atoms with Crippen molar-refractivity contribution in [3.8, 4) is 11.8 Å². The SMILES string of the molecule is CC(C)(C#Cc1ccccc1)C=C=Cc1ccccc1. The van der Waals surface area contributed by atoms with E-state index in [2.05, 4.69) is 43.6 Å². The van der Waals surface area contributed by atoms with Crippen LogP contribution in [-0.4, -0.2) is 0 Å². The summed E-state index contributed by atoms with van der Waals surface area (Å²) in [7, 11) is 0. The second-order valence-corrected chi connectivity index (χ2v) is 5.20. The lowest BCUT2D eigenvalue weighted by molar-refractivity contribution is 0.656. The number of rotatable bonds is 2. The van der Waals surface area contributed by atoms with Crippen molar-refractivity contribution >= 4 is 6.08 Å². The molecule has 0 nitrogen and oxygen atoms in total. The second-order valence-electron chi connectivity index (χ2n) is 5.20. The van der Waals surface area contributed by atoms with Crippen LogP contribution in [0.4, 0.5) is 0 Å². The first-order chi connectivity index (χ1) is 9.66. The van der Waals surface area contributed by atoms with Crippen LogP contribution >= 0.6 is 0 Å². The average molecular weight is 258 g/mol. The summed E-state index contributed by atoms with van der Waals surface area (Å²) in [6.45, 7) is 4.18. The van der Waals surface area contributed by atoms with Gasteiger partial charge in [0.25, 0.3) is 0 Å². The fourth-order valence-corrected chi connectivity index (χ4v) is 1.69. The van der Waals surface area contributed by atoms with Crippen molar-refractivity contribution in [3.63, 3.8) is 0 Å². The predicted octanol–water partition coefficient (Wildman–Crippen LogP) is 4.93. The van der Waals surface area contributed by atoms with E-state index in [0.717, 1.165) is 11.1 Å². The molecule has 0 atom stereocenters. The van der Waals surface area contributed by atoms with Crippen LogP contribution in [0.3, 0.4) is 0 Å². The maximum absolute atomic E-state index is 3.27. The molecule has 2 aromatic rings. The average Bonchev–Trinajstić information content (AvgIpc) is 2.47. The third kappa shape index (κ3) is 4.65. The first-order valence-electron chi connectivity index (χ1n) is 6.73. The van der Waals surface area contributed by atoms with E-state index in [0.29, 0.717) is 0 Å². The summed E-state index contributed by atoms with van der Waals surface area (Å²) in [4.78, 5) is 0. The summed E-state index contributed by atoms with van der Waals surface area (Å²) >= 11 is 0. The molecule has 0 heteroatoms. The molecule has 0 amide bonds. The second kappa shape index (κ2) is 6.62. The third-order valence-electron chi connectivity index (χ3n) is 2.80. The Bertz CT molecular complexity index is 658. The Morgan fingerprint density at radius 3 is 2.10 bits per heavy atom. The molecule has 2 rings (SSSR count). The van der Waals surface area contributed by atoms with E-state index in [1.807, 2.05) is 60.7 Å². The van der Waals surface area contributed by atoms with Gasteiger partial charge < -0.3 is 0 Å². The Morgan fingerprint density at radius 1 is 0.850 bits per heavy atom. The van der Waals surface area contributed by atoms with Gasteiger partial charge in [0, 0.05) is 5.56 Å². The van der Waals surface area contributed by atoms with E-state index in [9.17, 15) is 0 Å². The molecule has 98 valence electrons. The molecule has 0 N–H and O–H groups in total. The van der Waals surface area contributed by atoms with Gasteiger partial charge in [0.2, 0.25) is 0 Å². The van der Waals surface area contributed by atoms with Crippen molar-refractivity contribution in [2.45, 2.75) is 13.8 Å². The normalized spacial score (nSPS) is 9.90. The summed E-state index contributed by atoms with van der Waals surface area (Å²) in [5.74, 6) is 6.47. The lowest BCUT2D eigenvalue weighted by atomic mass is 9.94. The topological polar surface area (TPSA) is 0 Å². The van der Waals surface area contributed by atoms with Gasteiger partial charge >= 0.3 is 0 Å². The fourth-order valence-electron chi connectivity index (χ4n) is 1.69. The Kier molecular flexibility index (Phi) is 4.61. The molecule has 0 spiro atoms. The van der Waals surface area contributed by atoms with Gasteiger partial charge in [0.05, 0.1) is 5.41 Å². The Hall–Kier alpha value is -2.48. The highest BCUT2D eigenvalue weighted by Crippen LogP contribution is 2.15. The molecule has 0 unspecified atom stereocenters. The standard InChI is InChI=1S/C20H18/c1-20(2,17-15-19-12-7-4-8-13-19)16-9-14-18-10-5-3-6-11-18/h3-8,10-14,16H,1-2H3. The zero-order chi connectivity index (χ0) is 14.3. The Balaban J connectivity index is 2.12. The quantitative estimate of drug-likeness (QED) is 0.529. The number of hydrogen-bond acceptors (Lipinski definition) is 0. The number of benzene rings is 2. The van der Waals surface area contributed by atoms with Crippen molar-refractivity contribution in [3.05, 3.63) is 83.6 Å². The lowest BCUT2D eigenvalue weighted by Crippen LogP contribution is -2.02. The molecule has 0 bridgehead atoms. The van der Waals surface area contributed by atoms with Gasteiger partial charge in [-0.05, 0) is 43.7 Å². The predicted molar refractivity (Wildman–Crippen MR) is 86.1 cm³/mol. The van der Waals surface area contributed by atoms with Gasteiger partial charge in [-0.15, -0.1) is 5.73 Å². The first-order valence-corrected chi connectivity index (χ1v) is 6.73. The van der Waals surface area contributed by atoms with E-state index >= 15 is 0 Å². The lowest BCUT2D eigenvalue weighted by Gasteiger charge is -2.08. The van der Waals surface area contributed by atoms with Gasteiger partial charge in [-0.2, -0.15) is 0 Å². The van der Waals surface area contributed by atoms with E-state index in [-0.39, 0.29) is 5.41 Å². The molecule has 2 aromatic carbocycles. The molecule has 0 aliphatic rings. The zero-order valence-corrected chi connectivity index (χ0v) is 11.9. The molecular weight excluding hydrogens is 240 g/mol. The monoisotopic (exact) mass is 258 g/mol. The van der Waals surface area contributed by atoms with E-state index in [1.54, 1.807) is 0 Å². The molecule has 0 radical (unpaired) electrons. The Morgan fingerprint density at radius 2 is 1.45 bits per heavy atom. The van der Waals surface area contributed by atoms with Crippen LogP contribution in [-0.2, 0) is 0 Å². The van der Waals surface area contributed by atoms with E-state index in [4.69, 9.17) is 0 Å². The maximum Gasteiger partial charge on any atom is 0.0514 e. The summed E-state index contributed by atoms with van der Waals surface area (Å²) in [5, 5.41) is 0. The molecular formula is C20H18. The summed E-state index contributed by atoms with van der Waals surface area (Å²) in [5.41, 5.74) is 5.22. The van der Waals surface area contributed by atoms with Crippen molar-refractivity contribution < 1.29 is 0 Å². The van der Waals surface area contributed by atoms with Crippen molar-refractivity contribution in [1.82, 2.24) is 0 Å². The minimum absolute atomic E-state index is 0.193. The first kappa shape index (κ1) is 13.9. The van der Waals surface area contributed by atoms with E-state index < -0.39 is 0 Å². The molecule has 0 aliphatic carbocycles. The Labute approximate surface area is 121 Å². The van der Waals surface area contributed by atoms with Crippen LogP contribution in [0.2, 0.25) is 0 Å². The van der Waals surface area contributed by atoms with Gasteiger partial charge in [-0.25, -0.2) is 0 Å². The molecule has 0 aromatic heterocycles. The molecule has 0 aliphatic heterocycles. The van der Waals surface area contributed by atoms with Gasteiger partial charge in [-0.3, -0.25) is 0 Å². The van der Waals surface area contributed by atoms with Gasteiger partial charge in [0.1, 0.15) is 0 Å². The van der Waals surface area contributed by atoms with Crippen molar-refractivity contribution in [2.24, 2.45) is 5.41 Å². The summed E-state index contributed by atoms with van der Waals surface area (Å²) in [6, 6.07) is 20.2. The molecule has 0 fully saturated rings. The fraction of sp³-hybridized carbons (Fsp3) is 0.150. The maximum atomic E-state index is 3.27. The summed E-state index contributed by atoms with van der Waals surface area (Å²) < 4.78 is 0. The molecule has 0 saturated heterocycles. The highest BCUT2D eigenvalue weighted by Gasteiger charge is 2.08. The minimum Gasteiger partial charge on any atom is -0.123 e. The summed E-state index contributed by atoms with van der Waals surface area (Å²) in [6.07, 6.45) is 3.99. The van der Waals surface area contributed by atoms with Crippen molar-refractivity contribution in [1.29, 1.82) is 0 Å². The van der Waals surface area contributed by atoms with Crippen LogP contribution < -0.4 is 0 Å². The van der Waals surface area contributed by atoms with Gasteiger partial charge in [0.15, 0.2) is 0 Å². The number of allylic oxidation sites excluding steroid dienone is 1. The largest absolute Gasteiger partial charge is 0.123 e. The van der Waals surface area contributed by atoms with Crippen LogP contribution in [0.25, 0.3) is 6.08 Å². The van der Waals surface area contributed by atoms with Crippen LogP contribution in [0.15, 0.2) is 72.5 Å².